The van der Waals surface area contributed by atoms with Crippen molar-refractivity contribution < 1.29 is 38.6 Å². The number of carbonyl (C=O) groups excluding carboxylic acids is 5. The lowest BCUT2D eigenvalue weighted by Crippen LogP contribution is -2.62. The molecule has 5 heterocycles. The average Bonchev–Trinajstić information content (AvgIpc) is 3.96. The molecule has 348 valence electrons. The summed E-state index contributed by atoms with van der Waals surface area (Å²) in [6, 6.07) is 10.4. The van der Waals surface area contributed by atoms with E-state index in [1.54, 1.807) is 39.4 Å². The van der Waals surface area contributed by atoms with E-state index in [0.29, 0.717) is 50.1 Å². The standard InChI is InChI=1S/C49H64N8O8/c1-10-56-40-14-13-31-22-35(40)36(43(56)37-24-50-16-15-32(37)26-64-9)23-48(4,5)28-65-46(62)38-12-11-17-57(53-38)45(61)39(20-30-18-33(31)21-34(58)19-30)52-44(60)42(29(2)3)55(8)41(59)25-54(7)47(63)49(6)27-51-49/h13-16,18-19,21-22,24,29,38-39,42,51,53,58H,10-12,17,20,23,25-28H2,1-9H3,(H,52,60)/t38-,39-,42-,49-/m0/s1. The Bertz CT molecular complexity index is 2480. The number of benzene rings is 2. The molecule has 4 aromatic rings. The van der Waals surface area contributed by atoms with E-state index in [9.17, 15) is 29.1 Å². The van der Waals surface area contributed by atoms with E-state index in [0.717, 1.165) is 38.9 Å². The summed E-state index contributed by atoms with van der Waals surface area (Å²) in [7, 11) is 4.75. The summed E-state index contributed by atoms with van der Waals surface area (Å²) in [6.07, 6.45) is 5.09. The number of phenols is 1. The van der Waals surface area contributed by atoms with Gasteiger partial charge in [-0.1, -0.05) is 39.8 Å². The minimum absolute atomic E-state index is 0.0181. The first-order chi connectivity index (χ1) is 30.8. The van der Waals surface area contributed by atoms with Crippen molar-refractivity contribution in [2.45, 2.75) is 104 Å². The number of esters is 1. The number of fused-ring (bicyclic) bond motifs is 6. The molecule has 2 aromatic heterocycles. The Morgan fingerprint density at radius 2 is 1.83 bits per heavy atom. The van der Waals surface area contributed by atoms with Crippen molar-refractivity contribution in [3.63, 3.8) is 0 Å². The van der Waals surface area contributed by atoms with Crippen LogP contribution in [-0.4, -0.2) is 130 Å². The van der Waals surface area contributed by atoms with Crippen molar-refractivity contribution in [1.29, 1.82) is 0 Å². The normalized spacial score (nSPS) is 21.4. The zero-order valence-corrected chi connectivity index (χ0v) is 39.1. The van der Waals surface area contributed by atoms with Gasteiger partial charge < -0.3 is 39.6 Å². The number of hydrazine groups is 1. The van der Waals surface area contributed by atoms with Gasteiger partial charge in [-0.2, -0.15) is 0 Å². The molecule has 4 amide bonds. The van der Waals surface area contributed by atoms with Crippen molar-refractivity contribution in [3.8, 4) is 28.1 Å². The largest absolute Gasteiger partial charge is 0.508 e. The zero-order valence-electron chi connectivity index (χ0n) is 39.1. The van der Waals surface area contributed by atoms with E-state index >= 15 is 0 Å². The van der Waals surface area contributed by atoms with Crippen LogP contribution in [0.3, 0.4) is 0 Å². The lowest BCUT2D eigenvalue weighted by molar-refractivity contribution is -0.155. The monoisotopic (exact) mass is 892 g/mol. The molecule has 65 heavy (non-hydrogen) atoms. The fraction of sp³-hybridized carbons (Fsp3) is 0.510. The number of aryl methyl sites for hydroxylation is 1. The Labute approximate surface area is 381 Å². The number of nitrogens with zero attached hydrogens (tertiary/aromatic N) is 5. The van der Waals surface area contributed by atoms with Gasteiger partial charge in [0.25, 0.3) is 5.91 Å². The predicted octanol–water partition coefficient (Wildman–Crippen LogP) is 4.19. The summed E-state index contributed by atoms with van der Waals surface area (Å²) in [6.45, 7) is 13.3. The van der Waals surface area contributed by atoms with Gasteiger partial charge in [0.2, 0.25) is 17.7 Å². The molecule has 6 bridgehead atoms. The maximum absolute atomic E-state index is 14.7. The fourth-order valence-corrected chi connectivity index (χ4v) is 9.36. The van der Waals surface area contributed by atoms with Crippen LogP contribution in [0.2, 0.25) is 0 Å². The maximum atomic E-state index is 14.7. The minimum Gasteiger partial charge on any atom is -0.508 e. The highest BCUT2D eigenvalue weighted by Gasteiger charge is 2.47. The van der Waals surface area contributed by atoms with Crippen LogP contribution in [-0.2, 0) is 59.4 Å². The number of hydrogen-bond donors (Lipinski definition) is 4. The summed E-state index contributed by atoms with van der Waals surface area (Å²) in [5.41, 5.74) is 8.97. The Kier molecular flexibility index (Phi) is 13.7. The number of phenolic OH excluding ortho intramolecular Hbond substituents is 1. The number of methoxy groups -OCH3 is 1. The number of hydrogen-bond acceptors (Lipinski definition) is 11. The first kappa shape index (κ1) is 47.1. The first-order valence-electron chi connectivity index (χ1n) is 22.6. The van der Waals surface area contributed by atoms with E-state index in [4.69, 9.17) is 9.47 Å². The Morgan fingerprint density at radius 3 is 2.52 bits per heavy atom. The molecule has 2 aromatic carbocycles. The highest BCUT2D eigenvalue weighted by atomic mass is 16.5. The topological polar surface area (TPSA) is 198 Å². The second-order valence-electron chi connectivity index (χ2n) is 19.2. The molecule has 0 saturated carbocycles. The number of pyridine rings is 1. The second kappa shape index (κ2) is 18.9. The maximum Gasteiger partial charge on any atom is 0.324 e. The molecule has 2 saturated heterocycles. The number of carbonyl (C=O) groups is 5. The smallest absolute Gasteiger partial charge is 0.324 e. The molecule has 7 rings (SSSR count). The molecule has 16 heteroatoms. The van der Waals surface area contributed by atoms with Crippen LogP contribution in [0.25, 0.3) is 33.3 Å². The fourth-order valence-electron chi connectivity index (χ4n) is 9.36. The molecular formula is C49H64N8O8. The summed E-state index contributed by atoms with van der Waals surface area (Å²) in [5.74, 6) is -2.59. The molecule has 16 nitrogen and oxygen atoms in total. The summed E-state index contributed by atoms with van der Waals surface area (Å²) < 4.78 is 14.0. The quantitative estimate of drug-likeness (QED) is 0.125. The number of rotatable bonds is 11. The molecule has 3 aliphatic rings. The van der Waals surface area contributed by atoms with Crippen LogP contribution in [0.5, 0.6) is 5.75 Å². The Morgan fingerprint density at radius 1 is 1.08 bits per heavy atom. The predicted molar refractivity (Wildman–Crippen MR) is 246 cm³/mol. The van der Waals surface area contributed by atoms with E-state index in [2.05, 4.69) is 58.5 Å². The third-order valence-electron chi connectivity index (χ3n) is 12.9. The molecule has 4 N–H and O–H groups in total. The average molecular weight is 893 g/mol. The van der Waals surface area contributed by atoms with Crippen molar-refractivity contribution in [3.05, 3.63) is 71.5 Å². The SMILES string of the molecule is CCn1c(-c2cnccc2COC)c2c3cc(ccc31)-c1cc(O)cc(c1)C[C@H](NC(=O)[C@H](C(C)C)N(C)C(=O)CN(C)C(=O)[C@]1(C)CN1)C(=O)N1CCC[C@H](N1)C(=O)OCC(C)(C)C2. The van der Waals surface area contributed by atoms with Gasteiger partial charge in [-0.05, 0) is 97.2 Å². The van der Waals surface area contributed by atoms with Gasteiger partial charge in [0.15, 0.2) is 0 Å². The molecule has 4 atom stereocenters. The third-order valence-corrected chi connectivity index (χ3v) is 12.9. The number of amides is 4. The van der Waals surface area contributed by atoms with Crippen LogP contribution < -0.4 is 16.1 Å². The number of nitrogens with one attached hydrogen (secondary N) is 3. The molecule has 0 aliphatic carbocycles. The number of cyclic esters (lactones) is 1. The van der Waals surface area contributed by atoms with E-state index in [1.807, 2.05) is 38.2 Å². The second-order valence-corrected chi connectivity index (χ2v) is 19.2. The highest BCUT2D eigenvalue weighted by molar-refractivity contribution is 5.97. The van der Waals surface area contributed by atoms with Gasteiger partial charge in [-0.25, -0.2) is 5.43 Å². The van der Waals surface area contributed by atoms with Gasteiger partial charge >= 0.3 is 5.97 Å². The molecule has 2 fully saturated rings. The van der Waals surface area contributed by atoms with Crippen LogP contribution in [0.15, 0.2) is 54.9 Å². The van der Waals surface area contributed by atoms with E-state index in [1.165, 1.54) is 21.9 Å². The number of ether oxygens (including phenoxy) is 2. The summed E-state index contributed by atoms with van der Waals surface area (Å²) in [5, 5.41) is 19.6. The minimum atomic E-state index is -1.18. The number of aromatic nitrogens is 2. The van der Waals surface area contributed by atoms with Gasteiger partial charge in [0.05, 0.1) is 25.5 Å². The van der Waals surface area contributed by atoms with Crippen LogP contribution in [0.4, 0.5) is 0 Å². The molecule has 0 unspecified atom stereocenters. The summed E-state index contributed by atoms with van der Waals surface area (Å²) in [4.78, 5) is 76.8. The molecular weight excluding hydrogens is 829 g/mol. The van der Waals surface area contributed by atoms with Crippen molar-refractivity contribution in [2.24, 2.45) is 11.3 Å². The Balaban J connectivity index is 1.29. The number of aromatic hydroxyl groups is 1. The van der Waals surface area contributed by atoms with E-state index < -0.39 is 52.8 Å². The van der Waals surface area contributed by atoms with Crippen LogP contribution in [0, 0.1) is 11.3 Å². The number of likely N-dealkylation sites (N-methyl/N-ethyl adjacent to an activating group) is 2. The molecule has 0 spiro atoms. The van der Waals surface area contributed by atoms with Crippen molar-refractivity contribution >= 4 is 40.5 Å². The molecule has 3 aliphatic heterocycles. The van der Waals surface area contributed by atoms with Crippen molar-refractivity contribution in [1.82, 2.24) is 40.4 Å². The van der Waals surface area contributed by atoms with Gasteiger partial charge in [-0.3, -0.25) is 34.0 Å². The van der Waals surface area contributed by atoms with Crippen LogP contribution >= 0.6 is 0 Å². The summed E-state index contributed by atoms with van der Waals surface area (Å²) >= 11 is 0. The Hall–Kier alpha value is -5.84. The lowest BCUT2D eigenvalue weighted by atomic mass is 9.84. The third kappa shape index (κ3) is 10.0. The zero-order chi connectivity index (χ0) is 47.0. The highest BCUT2D eigenvalue weighted by Crippen LogP contribution is 2.41. The van der Waals surface area contributed by atoms with Gasteiger partial charge in [0, 0.05) is 81.5 Å². The van der Waals surface area contributed by atoms with E-state index in [-0.39, 0.29) is 43.7 Å². The van der Waals surface area contributed by atoms with Gasteiger partial charge in [-0.15, -0.1) is 0 Å². The first-order valence-corrected chi connectivity index (χ1v) is 22.6. The van der Waals surface area contributed by atoms with Crippen LogP contribution in [0.1, 0.15) is 71.1 Å². The van der Waals surface area contributed by atoms with Gasteiger partial charge in [0.1, 0.15) is 29.4 Å². The molecule has 0 radical (unpaired) electrons. The lowest BCUT2D eigenvalue weighted by Gasteiger charge is -2.37. The van der Waals surface area contributed by atoms with Crippen molar-refractivity contribution in [2.75, 3.05) is 47.4 Å².